The number of hydrogen-bond donors (Lipinski definition) is 1. The summed E-state index contributed by atoms with van der Waals surface area (Å²) in [6.45, 7) is 9.06. The van der Waals surface area contributed by atoms with E-state index in [2.05, 4.69) is 57.9 Å². The highest BCUT2D eigenvalue weighted by molar-refractivity contribution is 5.75. The number of imidazole rings is 1. The van der Waals surface area contributed by atoms with Crippen molar-refractivity contribution in [2.45, 2.75) is 58.8 Å². The Balaban J connectivity index is 1.44. The molecule has 150 valence electrons. The monoisotopic (exact) mass is 381 g/mol. The minimum Gasteiger partial charge on any atom is -0.327 e. The molecule has 0 atom stereocenters. The average Bonchev–Trinajstić information content (AvgIpc) is 3.31. The van der Waals surface area contributed by atoms with E-state index in [9.17, 15) is 0 Å². The molecule has 2 N–H and O–H groups in total. The number of aryl methyl sites for hydroxylation is 1. The molecule has 1 aliphatic rings. The summed E-state index contributed by atoms with van der Waals surface area (Å²) in [7, 11) is 0. The molecule has 28 heavy (non-hydrogen) atoms. The van der Waals surface area contributed by atoms with Crippen LogP contribution in [0.3, 0.4) is 0 Å². The lowest BCUT2D eigenvalue weighted by Crippen LogP contribution is -2.35. The van der Waals surface area contributed by atoms with E-state index in [1.165, 1.54) is 17.8 Å². The lowest BCUT2D eigenvalue weighted by atomic mass is 10.1. The molecule has 1 aliphatic heterocycles. The third kappa shape index (κ3) is 4.10. The number of piperidine rings is 1. The van der Waals surface area contributed by atoms with Crippen LogP contribution in [-0.4, -0.2) is 42.5 Å². The molecule has 0 saturated carbocycles. The Hall–Kier alpha value is -2.25. The van der Waals surface area contributed by atoms with Gasteiger partial charge in [-0.2, -0.15) is 0 Å². The molecule has 0 radical (unpaired) electrons. The second-order valence-electron chi connectivity index (χ2n) is 8.25. The zero-order chi connectivity index (χ0) is 19.5. The van der Waals surface area contributed by atoms with Crippen LogP contribution in [0.25, 0.3) is 11.0 Å². The van der Waals surface area contributed by atoms with Crippen LogP contribution in [0.1, 0.15) is 50.7 Å². The van der Waals surface area contributed by atoms with E-state index < -0.39 is 0 Å². The normalized spacial score (nSPS) is 16.4. The summed E-state index contributed by atoms with van der Waals surface area (Å²) in [5.41, 5.74) is 8.88. The van der Waals surface area contributed by atoms with Crippen molar-refractivity contribution in [1.82, 2.24) is 29.4 Å². The van der Waals surface area contributed by atoms with Crippen LogP contribution < -0.4 is 5.73 Å². The van der Waals surface area contributed by atoms with E-state index >= 15 is 0 Å². The molecule has 3 heterocycles. The maximum absolute atomic E-state index is 5.66. The van der Waals surface area contributed by atoms with Crippen LogP contribution in [0.15, 0.2) is 30.5 Å². The van der Waals surface area contributed by atoms with Crippen LogP contribution in [-0.2, 0) is 19.6 Å². The zero-order valence-corrected chi connectivity index (χ0v) is 17.0. The number of benzene rings is 1. The summed E-state index contributed by atoms with van der Waals surface area (Å²) in [4.78, 5) is 7.47. The molecular formula is C21H31N7. The molecule has 3 aromatic rings. The van der Waals surface area contributed by atoms with Crippen LogP contribution in [0.4, 0.5) is 0 Å². The van der Waals surface area contributed by atoms with Gasteiger partial charge in [-0.1, -0.05) is 31.2 Å². The van der Waals surface area contributed by atoms with Gasteiger partial charge in [0.25, 0.3) is 0 Å². The summed E-state index contributed by atoms with van der Waals surface area (Å²) < 4.78 is 4.42. The highest BCUT2D eigenvalue weighted by Gasteiger charge is 2.23. The van der Waals surface area contributed by atoms with E-state index in [1.54, 1.807) is 0 Å². The summed E-state index contributed by atoms with van der Waals surface area (Å²) in [5, 5.41) is 8.38. The van der Waals surface area contributed by atoms with Crippen molar-refractivity contribution in [2.24, 2.45) is 11.7 Å². The van der Waals surface area contributed by atoms with Gasteiger partial charge in [0.2, 0.25) is 0 Å². The molecule has 2 aromatic heterocycles. The number of nitrogens with zero attached hydrogens (tertiary/aromatic N) is 6. The van der Waals surface area contributed by atoms with Gasteiger partial charge in [-0.3, -0.25) is 4.90 Å². The number of aromatic nitrogens is 5. The third-order valence-electron chi connectivity index (χ3n) is 5.73. The molecular weight excluding hydrogens is 350 g/mol. The smallest absolute Gasteiger partial charge is 0.124 e. The second kappa shape index (κ2) is 8.41. The van der Waals surface area contributed by atoms with Crippen LogP contribution in [0.2, 0.25) is 0 Å². The van der Waals surface area contributed by atoms with Crippen molar-refractivity contribution in [3.8, 4) is 0 Å². The van der Waals surface area contributed by atoms with E-state index in [0.29, 0.717) is 18.5 Å². The first-order valence-corrected chi connectivity index (χ1v) is 10.4. The maximum Gasteiger partial charge on any atom is 0.124 e. The summed E-state index contributed by atoms with van der Waals surface area (Å²) >= 11 is 0. The van der Waals surface area contributed by atoms with Crippen molar-refractivity contribution in [2.75, 3.05) is 13.1 Å². The Bertz CT molecular complexity index is 903. The number of fused-ring (bicyclic) bond motifs is 1. The Morgan fingerprint density at radius 2 is 1.96 bits per heavy atom. The Morgan fingerprint density at radius 3 is 2.68 bits per heavy atom. The second-order valence-corrected chi connectivity index (χ2v) is 8.25. The van der Waals surface area contributed by atoms with Crippen molar-refractivity contribution < 1.29 is 0 Å². The first-order chi connectivity index (χ1) is 13.6. The molecule has 7 nitrogen and oxygen atoms in total. The molecule has 0 unspecified atom stereocenters. The molecule has 0 amide bonds. The van der Waals surface area contributed by atoms with Crippen molar-refractivity contribution in [1.29, 1.82) is 0 Å². The van der Waals surface area contributed by atoms with E-state index in [4.69, 9.17) is 10.7 Å². The lowest BCUT2D eigenvalue weighted by molar-refractivity contribution is 0.167. The zero-order valence-electron chi connectivity index (χ0n) is 17.0. The number of likely N-dealkylation sites (tertiary alicyclic amines) is 1. The predicted octanol–water partition coefficient (Wildman–Crippen LogP) is 2.97. The van der Waals surface area contributed by atoms with Gasteiger partial charge < -0.3 is 10.3 Å². The SMILES string of the molecule is CC(C)CCn1c(CN2CCC(n3cc(CN)nn3)CC2)nc2ccccc21. The Labute approximate surface area is 166 Å². The van der Waals surface area contributed by atoms with Gasteiger partial charge in [-0.25, -0.2) is 9.67 Å². The maximum atomic E-state index is 5.66. The number of nitrogens with two attached hydrogens (primary N) is 1. The Morgan fingerprint density at radius 1 is 1.18 bits per heavy atom. The molecule has 0 spiro atoms. The fraction of sp³-hybridized carbons (Fsp3) is 0.571. The summed E-state index contributed by atoms with van der Waals surface area (Å²) in [6, 6.07) is 8.92. The standard InChI is InChI=1S/C21H31N7/c1-16(2)7-12-27-20-6-4-3-5-19(20)23-21(27)15-26-10-8-18(9-11-26)28-14-17(13-22)24-25-28/h3-6,14,16,18H,7-13,15,22H2,1-2H3. The van der Waals surface area contributed by atoms with Crippen LogP contribution in [0, 0.1) is 5.92 Å². The largest absolute Gasteiger partial charge is 0.327 e. The van der Waals surface area contributed by atoms with E-state index in [0.717, 1.165) is 50.2 Å². The van der Waals surface area contributed by atoms with E-state index in [-0.39, 0.29) is 0 Å². The van der Waals surface area contributed by atoms with Gasteiger partial charge in [0.15, 0.2) is 0 Å². The number of para-hydroxylation sites is 2. The summed E-state index contributed by atoms with van der Waals surface area (Å²) in [5.74, 6) is 1.87. The highest BCUT2D eigenvalue weighted by Crippen LogP contribution is 2.24. The molecule has 1 aromatic carbocycles. The van der Waals surface area contributed by atoms with E-state index in [1.807, 2.05) is 10.9 Å². The van der Waals surface area contributed by atoms with Gasteiger partial charge in [0, 0.05) is 26.2 Å². The molecule has 7 heteroatoms. The van der Waals surface area contributed by atoms with Gasteiger partial charge >= 0.3 is 0 Å². The van der Waals surface area contributed by atoms with Gasteiger partial charge in [-0.05, 0) is 37.3 Å². The van der Waals surface area contributed by atoms with Gasteiger partial charge in [0.05, 0.1) is 35.5 Å². The van der Waals surface area contributed by atoms with Crippen molar-refractivity contribution >= 4 is 11.0 Å². The lowest BCUT2D eigenvalue weighted by Gasteiger charge is -2.31. The number of hydrogen-bond acceptors (Lipinski definition) is 5. The number of rotatable bonds is 7. The topological polar surface area (TPSA) is 77.8 Å². The molecule has 1 saturated heterocycles. The van der Waals surface area contributed by atoms with Crippen molar-refractivity contribution in [3.05, 3.63) is 42.0 Å². The fourth-order valence-corrected chi connectivity index (χ4v) is 4.01. The molecule has 0 bridgehead atoms. The molecule has 0 aliphatic carbocycles. The summed E-state index contributed by atoms with van der Waals surface area (Å²) in [6.07, 6.45) is 5.33. The fourth-order valence-electron chi connectivity index (χ4n) is 4.01. The van der Waals surface area contributed by atoms with Gasteiger partial charge in [-0.15, -0.1) is 5.10 Å². The molecule has 4 rings (SSSR count). The molecule has 1 fully saturated rings. The van der Waals surface area contributed by atoms with Crippen LogP contribution in [0.5, 0.6) is 0 Å². The Kier molecular flexibility index (Phi) is 5.73. The van der Waals surface area contributed by atoms with Gasteiger partial charge in [0.1, 0.15) is 5.82 Å². The average molecular weight is 382 g/mol. The minimum atomic E-state index is 0.420. The highest BCUT2D eigenvalue weighted by atomic mass is 15.4. The van der Waals surface area contributed by atoms with Crippen molar-refractivity contribution in [3.63, 3.8) is 0 Å². The first-order valence-electron chi connectivity index (χ1n) is 10.4. The quantitative estimate of drug-likeness (QED) is 0.681. The van der Waals surface area contributed by atoms with Crippen LogP contribution >= 0.6 is 0 Å². The predicted molar refractivity (Wildman–Crippen MR) is 111 cm³/mol. The third-order valence-corrected chi connectivity index (χ3v) is 5.73. The first kappa shape index (κ1) is 19.1. The minimum absolute atomic E-state index is 0.420.